The van der Waals surface area contributed by atoms with Crippen LogP contribution in [0.25, 0.3) is 10.9 Å². The van der Waals surface area contributed by atoms with Gasteiger partial charge in [0.05, 0.1) is 10.9 Å². The molecular weight excluding hydrogens is 326 g/mol. The minimum absolute atomic E-state index is 0.00801. The number of aromatic amines is 1. The van der Waals surface area contributed by atoms with Crippen LogP contribution in [0.1, 0.15) is 33.2 Å². The molecule has 8 heteroatoms. The Hall–Kier alpha value is -2.90. The van der Waals surface area contributed by atoms with E-state index in [-0.39, 0.29) is 17.7 Å². The molecular formula is C17H21N3O5. The molecule has 0 aliphatic carbocycles. The highest BCUT2D eigenvalue weighted by Crippen LogP contribution is 2.16. The third-order valence-corrected chi connectivity index (χ3v) is 3.87. The highest BCUT2D eigenvalue weighted by atomic mass is 16.4. The molecule has 0 radical (unpaired) electrons. The van der Waals surface area contributed by atoms with Crippen LogP contribution in [-0.2, 0) is 9.59 Å². The Morgan fingerprint density at radius 2 is 1.84 bits per heavy atom. The summed E-state index contributed by atoms with van der Waals surface area (Å²) < 4.78 is 0.867. The molecule has 0 unspecified atom stereocenters. The van der Waals surface area contributed by atoms with Gasteiger partial charge in [-0.3, -0.25) is 14.4 Å². The predicted octanol–water partition coefficient (Wildman–Crippen LogP) is 0.866. The van der Waals surface area contributed by atoms with E-state index in [1.807, 2.05) is 13.8 Å². The molecule has 0 aliphatic heterocycles. The summed E-state index contributed by atoms with van der Waals surface area (Å²) in [6.07, 6.45) is 0.222. The number of amides is 1. The number of nitrogens with zero attached hydrogens (tertiary/aromatic N) is 1. The number of hydrogen-bond acceptors (Lipinski definition) is 4. The largest absolute Gasteiger partial charge is 0.480 e. The van der Waals surface area contributed by atoms with Gasteiger partial charge in [-0.25, -0.2) is 9.36 Å². The summed E-state index contributed by atoms with van der Waals surface area (Å²) in [6.45, 7) is 5.02. The number of benzene rings is 1. The second-order valence-corrected chi connectivity index (χ2v) is 6.36. The molecule has 2 aromatic rings. The Balaban J connectivity index is 2.57. The van der Waals surface area contributed by atoms with E-state index in [0.717, 1.165) is 4.57 Å². The Morgan fingerprint density at radius 1 is 1.20 bits per heavy atom. The van der Waals surface area contributed by atoms with Crippen molar-refractivity contribution in [3.05, 3.63) is 45.1 Å². The lowest BCUT2D eigenvalue weighted by molar-refractivity contribution is -0.141. The summed E-state index contributed by atoms with van der Waals surface area (Å²) in [4.78, 5) is 51.3. The van der Waals surface area contributed by atoms with Crippen LogP contribution in [0.3, 0.4) is 0 Å². The third-order valence-electron chi connectivity index (χ3n) is 3.87. The fourth-order valence-corrected chi connectivity index (χ4v) is 2.61. The number of hydrogen-bond donors (Lipinski definition) is 3. The zero-order valence-corrected chi connectivity index (χ0v) is 14.3. The number of aromatic nitrogens is 2. The highest BCUT2D eigenvalue weighted by Gasteiger charge is 2.28. The smallest absolute Gasteiger partial charge is 0.329 e. The molecule has 134 valence electrons. The molecule has 1 aromatic heterocycles. The van der Waals surface area contributed by atoms with E-state index < -0.39 is 35.2 Å². The van der Waals surface area contributed by atoms with Crippen LogP contribution < -0.4 is 16.6 Å². The van der Waals surface area contributed by atoms with Crippen molar-refractivity contribution in [3.63, 3.8) is 0 Å². The van der Waals surface area contributed by atoms with Crippen LogP contribution in [0.15, 0.2) is 33.9 Å². The van der Waals surface area contributed by atoms with Gasteiger partial charge in [-0.2, -0.15) is 0 Å². The van der Waals surface area contributed by atoms with Crippen molar-refractivity contribution in [1.29, 1.82) is 0 Å². The van der Waals surface area contributed by atoms with Crippen LogP contribution in [-0.4, -0.2) is 32.6 Å². The Morgan fingerprint density at radius 3 is 2.44 bits per heavy atom. The molecule has 1 heterocycles. The van der Waals surface area contributed by atoms with E-state index in [1.165, 1.54) is 6.92 Å². The molecule has 2 atom stereocenters. The Bertz CT molecular complexity index is 912. The minimum Gasteiger partial charge on any atom is -0.480 e. The van der Waals surface area contributed by atoms with E-state index in [2.05, 4.69) is 10.3 Å². The van der Waals surface area contributed by atoms with Crippen molar-refractivity contribution in [1.82, 2.24) is 14.9 Å². The van der Waals surface area contributed by atoms with Crippen LogP contribution in [0.2, 0.25) is 0 Å². The van der Waals surface area contributed by atoms with E-state index in [4.69, 9.17) is 5.11 Å². The van der Waals surface area contributed by atoms with Crippen LogP contribution >= 0.6 is 0 Å². The number of carboxylic acids is 1. The van der Waals surface area contributed by atoms with Crippen molar-refractivity contribution < 1.29 is 14.7 Å². The highest BCUT2D eigenvalue weighted by molar-refractivity contribution is 5.86. The van der Waals surface area contributed by atoms with Gasteiger partial charge in [0.25, 0.3) is 5.56 Å². The quantitative estimate of drug-likeness (QED) is 0.716. The number of aliphatic carboxylic acids is 1. The van der Waals surface area contributed by atoms with Crippen molar-refractivity contribution >= 4 is 22.8 Å². The summed E-state index contributed by atoms with van der Waals surface area (Å²) in [5.41, 5.74) is -0.896. The number of carbonyl (C=O) groups is 2. The van der Waals surface area contributed by atoms with E-state index >= 15 is 0 Å². The molecule has 3 N–H and O–H groups in total. The number of H-pyrrole nitrogens is 1. The normalized spacial score (nSPS) is 13.6. The first kappa shape index (κ1) is 18.4. The zero-order chi connectivity index (χ0) is 18.7. The van der Waals surface area contributed by atoms with Crippen LogP contribution in [0, 0.1) is 5.92 Å². The number of nitrogens with one attached hydrogen (secondary N) is 2. The average Bonchev–Trinajstić information content (AvgIpc) is 2.53. The van der Waals surface area contributed by atoms with Gasteiger partial charge in [0.15, 0.2) is 0 Å². The number of carboxylic acid groups (broad SMARTS) is 1. The maximum Gasteiger partial charge on any atom is 0.329 e. The number of carbonyl (C=O) groups excluding carboxylic acids is 1. The Labute approximate surface area is 143 Å². The predicted molar refractivity (Wildman–Crippen MR) is 92.6 cm³/mol. The van der Waals surface area contributed by atoms with Crippen LogP contribution in [0.4, 0.5) is 0 Å². The van der Waals surface area contributed by atoms with E-state index in [9.17, 15) is 19.2 Å². The minimum atomic E-state index is -1.20. The molecule has 25 heavy (non-hydrogen) atoms. The van der Waals surface area contributed by atoms with Gasteiger partial charge in [-0.1, -0.05) is 26.0 Å². The van der Waals surface area contributed by atoms with E-state index in [0.29, 0.717) is 5.52 Å². The van der Waals surface area contributed by atoms with Gasteiger partial charge in [0, 0.05) is 0 Å². The van der Waals surface area contributed by atoms with E-state index in [1.54, 1.807) is 24.3 Å². The molecule has 0 bridgehead atoms. The number of rotatable bonds is 6. The van der Waals surface area contributed by atoms with Gasteiger partial charge >= 0.3 is 11.7 Å². The fraction of sp³-hybridized carbons (Fsp3) is 0.412. The lowest BCUT2D eigenvalue weighted by atomic mass is 10.0. The van der Waals surface area contributed by atoms with Crippen molar-refractivity contribution in [2.45, 2.75) is 39.3 Å². The molecule has 0 aliphatic rings. The molecule has 0 spiro atoms. The van der Waals surface area contributed by atoms with Gasteiger partial charge in [0.2, 0.25) is 5.91 Å². The number of fused-ring (bicyclic) bond motifs is 1. The first-order valence-corrected chi connectivity index (χ1v) is 7.99. The van der Waals surface area contributed by atoms with Gasteiger partial charge in [-0.15, -0.1) is 0 Å². The van der Waals surface area contributed by atoms with Crippen molar-refractivity contribution in [2.75, 3.05) is 0 Å². The molecule has 2 rings (SSSR count). The molecule has 0 saturated carbocycles. The summed E-state index contributed by atoms with van der Waals surface area (Å²) in [7, 11) is 0. The zero-order valence-electron chi connectivity index (χ0n) is 14.3. The first-order chi connectivity index (χ1) is 11.7. The van der Waals surface area contributed by atoms with Crippen LogP contribution in [0.5, 0.6) is 0 Å². The summed E-state index contributed by atoms with van der Waals surface area (Å²) >= 11 is 0. The molecule has 1 amide bonds. The van der Waals surface area contributed by atoms with Gasteiger partial charge in [0.1, 0.15) is 12.1 Å². The monoisotopic (exact) mass is 347 g/mol. The van der Waals surface area contributed by atoms with Crippen molar-refractivity contribution in [3.8, 4) is 0 Å². The lowest BCUT2D eigenvalue weighted by Crippen LogP contribution is -2.48. The second kappa shape index (κ2) is 7.33. The third kappa shape index (κ3) is 3.96. The summed E-state index contributed by atoms with van der Waals surface area (Å²) in [5, 5.41) is 11.6. The molecule has 0 fully saturated rings. The SMILES string of the molecule is CC(C)C[C@@H](C(=O)N[C@@H](C)C(=O)O)n1c(=O)[nH]c2ccccc2c1=O. The second-order valence-electron chi connectivity index (χ2n) is 6.36. The molecule has 8 nitrogen and oxygen atoms in total. The number of para-hydroxylation sites is 1. The lowest BCUT2D eigenvalue weighted by Gasteiger charge is -2.21. The summed E-state index contributed by atoms with van der Waals surface area (Å²) in [6, 6.07) is 4.30. The van der Waals surface area contributed by atoms with Gasteiger partial charge in [-0.05, 0) is 31.4 Å². The summed E-state index contributed by atoms with van der Waals surface area (Å²) in [5.74, 6) is -1.86. The maximum absolute atomic E-state index is 12.7. The van der Waals surface area contributed by atoms with Crippen molar-refractivity contribution in [2.24, 2.45) is 5.92 Å². The topological polar surface area (TPSA) is 121 Å². The fourth-order valence-electron chi connectivity index (χ4n) is 2.61. The maximum atomic E-state index is 12.7. The Kier molecular flexibility index (Phi) is 5.41. The average molecular weight is 347 g/mol. The molecule has 1 aromatic carbocycles. The first-order valence-electron chi connectivity index (χ1n) is 7.99. The van der Waals surface area contributed by atoms with Gasteiger partial charge < -0.3 is 15.4 Å². The molecule has 0 saturated heterocycles. The standard InChI is InChI=1S/C17H21N3O5/c1-9(2)8-13(14(21)18-10(3)16(23)24)20-15(22)11-6-4-5-7-12(11)19-17(20)25/h4-7,9-10,13H,8H2,1-3H3,(H,18,21)(H,19,25)(H,23,24)/t10-,13-/m0/s1.